The van der Waals surface area contributed by atoms with Crippen molar-refractivity contribution in [3.63, 3.8) is 0 Å². The van der Waals surface area contributed by atoms with Crippen LogP contribution in [0.3, 0.4) is 0 Å². The predicted molar refractivity (Wildman–Crippen MR) is 121 cm³/mol. The zero-order valence-corrected chi connectivity index (χ0v) is 16.9. The second-order valence-electron chi connectivity index (χ2n) is 7.01. The van der Waals surface area contributed by atoms with Crippen molar-refractivity contribution in [1.29, 1.82) is 0 Å². The van der Waals surface area contributed by atoms with E-state index < -0.39 is 11.6 Å². The number of hydrogen-bond acceptors (Lipinski definition) is 2. The maximum absolute atomic E-state index is 14.1. The van der Waals surface area contributed by atoms with Gasteiger partial charge in [-0.05, 0) is 65.9 Å². The minimum absolute atomic E-state index is 0.0742. The number of allylic oxidation sites excluding steroid dienone is 2. The Hall–Kier alpha value is -3.38. The van der Waals surface area contributed by atoms with Crippen LogP contribution in [0.2, 0.25) is 0 Å². The molecule has 1 nitrogen and oxygen atoms in total. The van der Waals surface area contributed by atoms with Gasteiger partial charge in [0.15, 0.2) is 0 Å². The third-order valence-corrected chi connectivity index (χ3v) is 5.14. The van der Waals surface area contributed by atoms with Gasteiger partial charge in [-0.2, -0.15) is 4.99 Å². The monoisotopic (exact) mass is 413 g/mol. The van der Waals surface area contributed by atoms with Gasteiger partial charge in [-0.25, -0.2) is 8.78 Å². The van der Waals surface area contributed by atoms with Crippen LogP contribution in [0.15, 0.2) is 71.7 Å². The topological polar surface area (TPSA) is 12.4 Å². The largest absolute Gasteiger partial charge is 0.205 e. The van der Waals surface area contributed by atoms with Gasteiger partial charge in [0.1, 0.15) is 11.6 Å². The minimum atomic E-state index is -0.777. The average molecular weight is 413 g/mol. The summed E-state index contributed by atoms with van der Waals surface area (Å²) in [7, 11) is 0. The summed E-state index contributed by atoms with van der Waals surface area (Å²) < 4.78 is 28.2. The first kappa shape index (κ1) is 19.9. The van der Waals surface area contributed by atoms with E-state index in [-0.39, 0.29) is 11.3 Å². The summed E-state index contributed by atoms with van der Waals surface area (Å²) in [6, 6.07) is 18.3. The molecule has 0 amide bonds. The summed E-state index contributed by atoms with van der Waals surface area (Å²) in [4.78, 5) is 3.59. The van der Waals surface area contributed by atoms with Crippen LogP contribution in [0, 0.1) is 23.5 Å². The van der Waals surface area contributed by atoms with Crippen molar-refractivity contribution < 1.29 is 8.78 Å². The quantitative estimate of drug-likeness (QED) is 0.249. The first-order valence-corrected chi connectivity index (χ1v) is 10.0. The molecular weight excluding hydrogens is 396 g/mol. The maximum Gasteiger partial charge on any atom is 0.143 e. The molecule has 4 rings (SSSR count). The van der Waals surface area contributed by atoms with Crippen molar-refractivity contribution in [1.82, 2.24) is 0 Å². The molecule has 0 N–H and O–H groups in total. The predicted octanol–water partition coefficient (Wildman–Crippen LogP) is 7.33. The number of isothiocyanates is 1. The molecule has 1 aliphatic carbocycles. The molecule has 1 aliphatic rings. The molecule has 0 bridgehead atoms. The second-order valence-corrected chi connectivity index (χ2v) is 7.20. The van der Waals surface area contributed by atoms with Crippen LogP contribution < -0.4 is 0 Å². The van der Waals surface area contributed by atoms with E-state index in [1.807, 2.05) is 24.3 Å². The lowest BCUT2D eigenvalue weighted by Gasteiger charge is -2.06. The van der Waals surface area contributed by atoms with Crippen molar-refractivity contribution in [3.8, 4) is 23.0 Å². The standard InChI is InChI=1S/C26H17F2NS/c27-25-15-23(29-17-30)16-26(28)24(25)14-7-18-5-8-20(9-6-18)22-12-10-21(11-13-22)19-3-1-2-4-19/h3,5-6,8-13,15-16H,1-2,4H2. The Balaban J connectivity index is 1.53. The highest BCUT2D eigenvalue weighted by Crippen LogP contribution is 2.29. The molecule has 146 valence electrons. The van der Waals surface area contributed by atoms with Gasteiger partial charge in [0.05, 0.1) is 16.4 Å². The number of hydrogen-bond donors (Lipinski definition) is 0. The number of nitrogens with zero attached hydrogens (tertiary/aromatic N) is 1. The molecule has 0 aromatic heterocycles. The van der Waals surface area contributed by atoms with Crippen molar-refractivity contribution in [3.05, 3.63) is 95.1 Å². The van der Waals surface area contributed by atoms with E-state index in [0.29, 0.717) is 5.56 Å². The number of rotatable bonds is 3. The summed E-state index contributed by atoms with van der Waals surface area (Å²) >= 11 is 4.45. The number of halogens is 2. The molecule has 0 aliphatic heterocycles. The van der Waals surface area contributed by atoms with Gasteiger partial charge in [-0.3, -0.25) is 0 Å². The SMILES string of the molecule is Fc1cc(N=C=S)cc(F)c1C#Cc1ccc(-c2ccc(C3=CCCC3)cc2)cc1. The normalized spacial score (nSPS) is 12.5. The molecule has 3 aromatic carbocycles. The lowest BCUT2D eigenvalue weighted by Crippen LogP contribution is -1.90. The zero-order valence-electron chi connectivity index (χ0n) is 16.1. The Labute approximate surface area is 179 Å². The Morgan fingerprint density at radius 3 is 1.97 bits per heavy atom. The first-order chi connectivity index (χ1) is 14.6. The van der Waals surface area contributed by atoms with E-state index in [4.69, 9.17) is 0 Å². The summed E-state index contributed by atoms with van der Waals surface area (Å²) in [5.41, 5.74) is 5.34. The van der Waals surface area contributed by atoms with E-state index in [1.54, 1.807) is 0 Å². The van der Waals surface area contributed by atoms with Crippen LogP contribution in [0.25, 0.3) is 16.7 Å². The van der Waals surface area contributed by atoms with Crippen molar-refractivity contribution in [2.75, 3.05) is 0 Å². The van der Waals surface area contributed by atoms with Crippen LogP contribution in [0.4, 0.5) is 14.5 Å². The van der Waals surface area contributed by atoms with Gasteiger partial charge in [-0.15, -0.1) is 0 Å². The smallest absolute Gasteiger partial charge is 0.143 e. The Morgan fingerprint density at radius 2 is 1.40 bits per heavy atom. The van der Waals surface area contributed by atoms with E-state index in [2.05, 4.69) is 64.6 Å². The lowest BCUT2D eigenvalue weighted by molar-refractivity contribution is 0.578. The Morgan fingerprint density at radius 1 is 0.800 bits per heavy atom. The van der Waals surface area contributed by atoms with E-state index in [0.717, 1.165) is 29.7 Å². The van der Waals surface area contributed by atoms with Gasteiger partial charge in [0.25, 0.3) is 0 Å². The summed E-state index contributed by atoms with van der Waals surface area (Å²) in [6.45, 7) is 0. The molecule has 0 saturated carbocycles. The van der Waals surface area contributed by atoms with Crippen LogP contribution >= 0.6 is 12.2 Å². The van der Waals surface area contributed by atoms with Gasteiger partial charge in [0, 0.05) is 17.7 Å². The summed E-state index contributed by atoms with van der Waals surface area (Å²) in [5.74, 6) is 3.83. The van der Waals surface area contributed by atoms with Crippen LogP contribution in [-0.2, 0) is 0 Å². The molecule has 0 heterocycles. The Kier molecular flexibility index (Phi) is 5.95. The summed E-state index contributed by atoms with van der Waals surface area (Å²) in [6.07, 6.45) is 5.86. The fourth-order valence-electron chi connectivity index (χ4n) is 3.49. The average Bonchev–Trinajstić information content (AvgIpc) is 3.29. The van der Waals surface area contributed by atoms with Gasteiger partial charge in [0.2, 0.25) is 0 Å². The second kappa shape index (κ2) is 8.97. The van der Waals surface area contributed by atoms with Gasteiger partial charge < -0.3 is 0 Å². The highest BCUT2D eigenvalue weighted by Gasteiger charge is 2.09. The van der Waals surface area contributed by atoms with E-state index >= 15 is 0 Å². The molecule has 0 saturated heterocycles. The maximum atomic E-state index is 14.1. The third-order valence-electron chi connectivity index (χ3n) is 5.05. The fourth-order valence-corrected chi connectivity index (χ4v) is 3.59. The molecule has 0 radical (unpaired) electrons. The van der Waals surface area contributed by atoms with Crippen LogP contribution in [0.5, 0.6) is 0 Å². The first-order valence-electron chi connectivity index (χ1n) is 9.63. The molecule has 3 aromatic rings. The van der Waals surface area contributed by atoms with Crippen LogP contribution in [-0.4, -0.2) is 5.16 Å². The lowest BCUT2D eigenvalue weighted by atomic mass is 9.99. The molecule has 0 spiro atoms. The molecule has 0 atom stereocenters. The number of thiocarbonyl (C=S) groups is 1. The van der Waals surface area contributed by atoms with Gasteiger partial charge >= 0.3 is 0 Å². The van der Waals surface area contributed by atoms with Gasteiger partial charge in [-0.1, -0.05) is 54.3 Å². The third kappa shape index (κ3) is 4.44. The Bertz CT molecular complexity index is 1200. The highest BCUT2D eigenvalue weighted by atomic mass is 32.1. The highest BCUT2D eigenvalue weighted by molar-refractivity contribution is 7.78. The molecular formula is C26H17F2NS. The van der Waals surface area contributed by atoms with E-state index in [9.17, 15) is 8.78 Å². The van der Waals surface area contributed by atoms with Crippen molar-refractivity contribution in [2.24, 2.45) is 4.99 Å². The fraction of sp³-hybridized carbons (Fsp3) is 0.115. The molecule has 4 heteroatoms. The number of aliphatic imine (C=N–C) groups is 1. The zero-order chi connectivity index (χ0) is 20.9. The molecule has 0 fully saturated rings. The minimum Gasteiger partial charge on any atom is -0.205 e. The van der Waals surface area contributed by atoms with Crippen LogP contribution in [0.1, 0.15) is 36.0 Å². The number of benzene rings is 3. The molecule has 0 unspecified atom stereocenters. The summed E-state index contributed by atoms with van der Waals surface area (Å²) in [5, 5.41) is 2.09. The van der Waals surface area contributed by atoms with Crippen molar-refractivity contribution in [2.45, 2.75) is 19.3 Å². The van der Waals surface area contributed by atoms with E-state index in [1.165, 1.54) is 24.0 Å². The molecule has 30 heavy (non-hydrogen) atoms. The van der Waals surface area contributed by atoms with Crippen molar-refractivity contribution >= 4 is 28.6 Å².